The molecule has 0 saturated carbocycles. The van der Waals surface area contributed by atoms with Crippen molar-refractivity contribution in [1.29, 1.82) is 0 Å². The lowest BCUT2D eigenvalue weighted by molar-refractivity contribution is 0.0924. The van der Waals surface area contributed by atoms with E-state index in [9.17, 15) is 4.79 Å². The molecule has 1 heterocycles. The van der Waals surface area contributed by atoms with Crippen LogP contribution in [0.15, 0.2) is 10.5 Å². The van der Waals surface area contributed by atoms with Gasteiger partial charge in [0.05, 0.1) is 0 Å². The number of hydrogen-bond donors (Lipinski definition) is 1. The molecule has 1 amide bonds. The second-order valence-corrected chi connectivity index (χ2v) is 3.81. The van der Waals surface area contributed by atoms with E-state index in [4.69, 9.17) is 4.42 Å². The summed E-state index contributed by atoms with van der Waals surface area (Å²) in [7, 11) is 0. The Morgan fingerprint density at radius 2 is 2.13 bits per heavy atom. The van der Waals surface area contributed by atoms with Crippen LogP contribution in [0.5, 0.6) is 0 Å². The van der Waals surface area contributed by atoms with Gasteiger partial charge in [0.1, 0.15) is 5.76 Å². The van der Waals surface area contributed by atoms with Crippen molar-refractivity contribution >= 4 is 5.91 Å². The molecule has 0 unspecified atom stereocenters. The number of furan rings is 1. The van der Waals surface area contributed by atoms with Gasteiger partial charge in [-0.15, -0.1) is 0 Å². The lowest BCUT2D eigenvalue weighted by atomic mass is 10.2. The molecule has 0 aliphatic carbocycles. The second kappa shape index (κ2) is 5.59. The van der Waals surface area contributed by atoms with Gasteiger partial charge >= 0.3 is 0 Å². The van der Waals surface area contributed by atoms with Crippen LogP contribution >= 0.6 is 0 Å². The van der Waals surface area contributed by atoms with Gasteiger partial charge in [-0.3, -0.25) is 4.79 Å². The Morgan fingerprint density at radius 1 is 1.40 bits per heavy atom. The standard InChI is InChI=1S/C12H19NO2/c1-4-5-6-7-13-12(14)11-8-9(2)10(3)15-11/h8H,4-7H2,1-3H3,(H,13,14). The van der Waals surface area contributed by atoms with Crippen LogP contribution < -0.4 is 5.32 Å². The van der Waals surface area contributed by atoms with Gasteiger partial charge in [0.15, 0.2) is 5.76 Å². The van der Waals surface area contributed by atoms with Crippen molar-refractivity contribution in [3.05, 3.63) is 23.2 Å². The van der Waals surface area contributed by atoms with Crippen molar-refractivity contribution < 1.29 is 9.21 Å². The first-order chi connectivity index (χ1) is 7.15. The molecular formula is C12H19NO2. The monoisotopic (exact) mass is 209 g/mol. The number of amides is 1. The number of carbonyl (C=O) groups excluding carboxylic acids is 1. The number of unbranched alkanes of at least 4 members (excludes halogenated alkanes) is 2. The molecule has 84 valence electrons. The first kappa shape index (κ1) is 11.8. The highest BCUT2D eigenvalue weighted by molar-refractivity contribution is 5.91. The third-order valence-corrected chi connectivity index (χ3v) is 2.46. The lowest BCUT2D eigenvalue weighted by Gasteiger charge is -2.01. The van der Waals surface area contributed by atoms with E-state index in [0.29, 0.717) is 5.76 Å². The fourth-order valence-corrected chi connectivity index (χ4v) is 1.35. The number of nitrogens with one attached hydrogen (secondary N) is 1. The lowest BCUT2D eigenvalue weighted by Crippen LogP contribution is -2.23. The van der Waals surface area contributed by atoms with Crippen LogP contribution in [0, 0.1) is 13.8 Å². The molecule has 0 saturated heterocycles. The number of aryl methyl sites for hydroxylation is 2. The van der Waals surface area contributed by atoms with E-state index < -0.39 is 0 Å². The van der Waals surface area contributed by atoms with Gasteiger partial charge in [0.2, 0.25) is 0 Å². The molecule has 0 radical (unpaired) electrons. The average molecular weight is 209 g/mol. The molecule has 0 aliphatic heterocycles. The van der Waals surface area contributed by atoms with Crippen LogP contribution in [-0.2, 0) is 0 Å². The van der Waals surface area contributed by atoms with Gasteiger partial charge in [0.25, 0.3) is 5.91 Å². The maximum absolute atomic E-state index is 11.6. The first-order valence-electron chi connectivity index (χ1n) is 5.50. The van der Waals surface area contributed by atoms with Crippen LogP contribution in [0.3, 0.4) is 0 Å². The summed E-state index contributed by atoms with van der Waals surface area (Å²) < 4.78 is 5.32. The second-order valence-electron chi connectivity index (χ2n) is 3.81. The van der Waals surface area contributed by atoms with Crippen LogP contribution in [0.25, 0.3) is 0 Å². The Labute approximate surface area is 90.9 Å². The molecule has 3 nitrogen and oxygen atoms in total. The van der Waals surface area contributed by atoms with Crippen molar-refractivity contribution in [2.75, 3.05) is 6.54 Å². The third-order valence-electron chi connectivity index (χ3n) is 2.46. The highest BCUT2D eigenvalue weighted by Crippen LogP contribution is 2.12. The fourth-order valence-electron chi connectivity index (χ4n) is 1.35. The Hall–Kier alpha value is -1.25. The predicted octanol–water partition coefficient (Wildman–Crippen LogP) is 2.82. The largest absolute Gasteiger partial charge is 0.456 e. The number of rotatable bonds is 5. The molecule has 15 heavy (non-hydrogen) atoms. The maximum Gasteiger partial charge on any atom is 0.287 e. The summed E-state index contributed by atoms with van der Waals surface area (Å²) in [5.41, 5.74) is 1.02. The van der Waals surface area contributed by atoms with Crippen molar-refractivity contribution in [2.24, 2.45) is 0 Å². The molecule has 0 bridgehead atoms. The van der Waals surface area contributed by atoms with Crippen molar-refractivity contribution in [3.63, 3.8) is 0 Å². The van der Waals surface area contributed by atoms with Gasteiger partial charge < -0.3 is 9.73 Å². The minimum atomic E-state index is -0.109. The SMILES string of the molecule is CCCCCNC(=O)c1cc(C)c(C)o1. The van der Waals surface area contributed by atoms with E-state index in [1.807, 2.05) is 13.8 Å². The summed E-state index contributed by atoms with van der Waals surface area (Å²) in [6.07, 6.45) is 3.34. The maximum atomic E-state index is 11.6. The van der Waals surface area contributed by atoms with E-state index in [-0.39, 0.29) is 5.91 Å². The third kappa shape index (κ3) is 3.42. The number of hydrogen-bond acceptors (Lipinski definition) is 2. The average Bonchev–Trinajstić information content (AvgIpc) is 2.54. The summed E-state index contributed by atoms with van der Waals surface area (Å²) >= 11 is 0. The van der Waals surface area contributed by atoms with E-state index in [1.54, 1.807) is 6.07 Å². The quantitative estimate of drug-likeness (QED) is 0.758. The summed E-state index contributed by atoms with van der Waals surface area (Å²) in [6.45, 7) is 6.67. The summed E-state index contributed by atoms with van der Waals surface area (Å²) in [6, 6.07) is 1.78. The Kier molecular flexibility index (Phi) is 4.40. The van der Waals surface area contributed by atoms with E-state index >= 15 is 0 Å². The smallest absolute Gasteiger partial charge is 0.287 e. The molecular weight excluding hydrogens is 190 g/mol. The number of carbonyl (C=O) groups is 1. The summed E-state index contributed by atoms with van der Waals surface area (Å²) in [4.78, 5) is 11.6. The highest BCUT2D eigenvalue weighted by Gasteiger charge is 2.11. The zero-order chi connectivity index (χ0) is 11.3. The van der Waals surface area contributed by atoms with Crippen LogP contribution in [0.4, 0.5) is 0 Å². The minimum absolute atomic E-state index is 0.109. The highest BCUT2D eigenvalue weighted by atomic mass is 16.3. The van der Waals surface area contributed by atoms with Crippen LogP contribution in [0.1, 0.15) is 48.1 Å². The van der Waals surface area contributed by atoms with Crippen molar-refractivity contribution in [3.8, 4) is 0 Å². The Balaban J connectivity index is 2.40. The Morgan fingerprint density at radius 3 is 2.67 bits per heavy atom. The molecule has 1 rings (SSSR count). The van der Waals surface area contributed by atoms with Crippen molar-refractivity contribution in [2.45, 2.75) is 40.0 Å². The van der Waals surface area contributed by atoms with Crippen LogP contribution in [-0.4, -0.2) is 12.5 Å². The van der Waals surface area contributed by atoms with E-state index in [1.165, 1.54) is 0 Å². The normalized spacial score (nSPS) is 10.3. The molecule has 1 N–H and O–H groups in total. The molecule has 0 fully saturated rings. The molecule has 0 atom stereocenters. The van der Waals surface area contributed by atoms with E-state index in [2.05, 4.69) is 12.2 Å². The van der Waals surface area contributed by atoms with Gasteiger partial charge in [-0.05, 0) is 31.9 Å². The van der Waals surface area contributed by atoms with Crippen LogP contribution in [0.2, 0.25) is 0 Å². The van der Waals surface area contributed by atoms with E-state index in [0.717, 1.165) is 37.1 Å². The molecule has 1 aromatic rings. The molecule has 0 spiro atoms. The zero-order valence-corrected chi connectivity index (χ0v) is 9.72. The molecule has 3 heteroatoms. The topological polar surface area (TPSA) is 42.2 Å². The van der Waals surface area contributed by atoms with Crippen molar-refractivity contribution in [1.82, 2.24) is 5.32 Å². The molecule has 0 aromatic carbocycles. The van der Waals surface area contributed by atoms with Gasteiger partial charge in [0, 0.05) is 6.54 Å². The van der Waals surface area contributed by atoms with Gasteiger partial charge in [-0.2, -0.15) is 0 Å². The first-order valence-corrected chi connectivity index (χ1v) is 5.50. The molecule has 1 aromatic heterocycles. The Bertz CT molecular complexity index is 309. The summed E-state index contributed by atoms with van der Waals surface area (Å²) in [5.74, 6) is 1.12. The zero-order valence-electron chi connectivity index (χ0n) is 9.72. The predicted molar refractivity (Wildman–Crippen MR) is 60.0 cm³/mol. The van der Waals surface area contributed by atoms with Gasteiger partial charge in [-0.25, -0.2) is 0 Å². The summed E-state index contributed by atoms with van der Waals surface area (Å²) in [5, 5.41) is 2.84. The molecule has 0 aliphatic rings. The van der Waals surface area contributed by atoms with Gasteiger partial charge in [-0.1, -0.05) is 19.8 Å². The minimum Gasteiger partial charge on any atom is -0.456 e. The fraction of sp³-hybridized carbons (Fsp3) is 0.583.